The van der Waals surface area contributed by atoms with Gasteiger partial charge in [0.1, 0.15) is 0 Å². The number of amides is 2. The zero-order valence-corrected chi connectivity index (χ0v) is 15.8. The highest BCUT2D eigenvalue weighted by atomic mass is 16.2. The van der Waals surface area contributed by atoms with E-state index in [1.54, 1.807) is 0 Å². The monoisotopic (exact) mass is 355 g/mol. The second kappa shape index (κ2) is 8.85. The number of aryl methyl sites for hydroxylation is 1. The van der Waals surface area contributed by atoms with Crippen LogP contribution < -0.4 is 10.6 Å². The minimum absolute atomic E-state index is 0.166. The first-order valence-electron chi connectivity index (χ1n) is 9.49. The number of hydrogen-bond acceptors (Lipinski definition) is 3. The first-order valence-corrected chi connectivity index (χ1v) is 9.49. The molecule has 0 aliphatic carbocycles. The molecule has 1 aromatic carbocycles. The molecule has 0 spiro atoms. The Morgan fingerprint density at radius 2 is 1.92 bits per heavy atom. The molecule has 0 unspecified atom stereocenters. The molecule has 3 rings (SSSR count). The molecule has 6 nitrogen and oxygen atoms in total. The molecule has 0 radical (unpaired) electrons. The average molecular weight is 355 g/mol. The van der Waals surface area contributed by atoms with Crippen LogP contribution in [0.1, 0.15) is 42.3 Å². The summed E-state index contributed by atoms with van der Waals surface area (Å²) in [4.78, 5) is 14.5. The highest BCUT2D eigenvalue weighted by Crippen LogP contribution is 2.14. The lowest BCUT2D eigenvalue weighted by Gasteiger charge is -2.27. The molecule has 1 aromatic heterocycles. The van der Waals surface area contributed by atoms with E-state index in [0.29, 0.717) is 13.1 Å². The lowest BCUT2D eigenvalue weighted by Crippen LogP contribution is -2.35. The molecule has 2 heterocycles. The van der Waals surface area contributed by atoms with Gasteiger partial charge in [-0.25, -0.2) is 4.79 Å². The number of urea groups is 1. The van der Waals surface area contributed by atoms with Crippen LogP contribution in [0.4, 0.5) is 4.79 Å². The third-order valence-electron chi connectivity index (χ3n) is 4.76. The summed E-state index contributed by atoms with van der Waals surface area (Å²) < 4.78 is 2.07. The van der Waals surface area contributed by atoms with Crippen molar-refractivity contribution in [2.75, 3.05) is 13.1 Å². The Bertz CT molecular complexity index is 722. The van der Waals surface area contributed by atoms with Crippen LogP contribution in [-0.4, -0.2) is 33.8 Å². The number of carbonyl (C=O) groups excluding carboxylic acids is 1. The van der Waals surface area contributed by atoms with Crippen molar-refractivity contribution in [3.63, 3.8) is 0 Å². The Balaban J connectivity index is 1.44. The van der Waals surface area contributed by atoms with Crippen LogP contribution in [0.25, 0.3) is 0 Å². The van der Waals surface area contributed by atoms with Crippen molar-refractivity contribution in [1.82, 2.24) is 25.3 Å². The summed E-state index contributed by atoms with van der Waals surface area (Å²) >= 11 is 0. The fourth-order valence-electron chi connectivity index (χ4n) is 3.16. The van der Waals surface area contributed by atoms with Crippen LogP contribution in [0.5, 0.6) is 0 Å². The van der Waals surface area contributed by atoms with Crippen molar-refractivity contribution in [3.05, 3.63) is 52.8 Å². The number of benzene rings is 1. The summed E-state index contributed by atoms with van der Waals surface area (Å²) in [5.41, 5.74) is 4.47. The van der Waals surface area contributed by atoms with Crippen molar-refractivity contribution in [3.8, 4) is 0 Å². The van der Waals surface area contributed by atoms with Crippen LogP contribution >= 0.6 is 0 Å². The number of rotatable bonds is 7. The van der Waals surface area contributed by atoms with Crippen molar-refractivity contribution in [2.24, 2.45) is 0 Å². The van der Waals surface area contributed by atoms with Gasteiger partial charge < -0.3 is 10.6 Å². The van der Waals surface area contributed by atoms with Crippen LogP contribution in [0.3, 0.4) is 0 Å². The second-order valence-corrected chi connectivity index (χ2v) is 7.00. The topological polar surface area (TPSA) is 62.2 Å². The molecular formula is C20H29N5O. The molecular weight excluding hydrogens is 326 g/mol. The van der Waals surface area contributed by atoms with Crippen LogP contribution in [0.2, 0.25) is 0 Å². The van der Waals surface area contributed by atoms with Crippen molar-refractivity contribution < 1.29 is 4.79 Å². The first-order chi connectivity index (χ1) is 12.6. The molecule has 0 fully saturated rings. The Labute approximate surface area is 155 Å². The van der Waals surface area contributed by atoms with Gasteiger partial charge in [0.05, 0.1) is 24.5 Å². The molecule has 0 bridgehead atoms. The molecule has 0 saturated carbocycles. The number of nitrogens with zero attached hydrogens (tertiary/aromatic N) is 3. The van der Waals surface area contributed by atoms with Crippen LogP contribution in [-0.2, 0) is 26.2 Å². The normalized spacial score (nSPS) is 14.1. The lowest BCUT2D eigenvalue weighted by molar-refractivity contribution is 0.210. The van der Waals surface area contributed by atoms with Gasteiger partial charge in [0.25, 0.3) is 0 Å². The van der Waals surface area contributed by atoms with E-state index in [-0.39, 0.29) is 6.03 Å². The first kappa shape index (κ1) is 18.5. The van der Waals surface area contributed by atoms with Gasteiger partial charge in [0, 0.05) is 19.6 Å². The number of hydrogen-bond donors (Lipinski definition) is 2. The Kier molecular flexibility index (Phi) is 6.28. The molecule has 1 aliphatic heterocycles. The van der Waals surface area contributed by atoms with Gasteiger partial charge in [0.2, 0.25) is 0 Å². The molecule has 1 aliphatic rings. The minimum atomic E-state index is -0.166. The zero-order chi connectivity index (χ0) is 18.4. The molecule has 2 N–H and O–H groups in total. The third kappa shape index (κ3) is 5.08. The Hall–Kier alpha value is -2.34. The highest BCUT2D eigenvalue weighted by Gasteiger charge is 2.17. The Morgan fingerprint density at radius 3 is 2.69 bits per heavy atom. The molecule has 140 valence electrons. The molecule has 26 heavy (non-hydrogen) atoms. The minimum Gasteiger partial charge on any atom is -0.334 e. The fraction of sp³-hybridized carbons (Fsp3) is 0.500. The number of aromatic nitrogens is 2. The SMILES string of the molecule is CCCCN1CCn2nc(CNC(=O)NCc3ccc(C)cc3)cc2C1. The van der Waals surface area contributed by atoms with Gasteiger partial charge in [-0.2, -0.15) is 5.10 Å². The van der Waals surface area contributed by atoms with Crippen molar-refractivity contribution in [2.45, 2.75) is 52.9 Å². The third-order valence-corrected chi connectivity index (χ3v) is 4.76. The highest BCUT2D eigenvalue weighted by molar-refractivity contribution is 5.73. The van der Waals surface area contributed by atoms with E-state index in [0.717, 1.165) is 37.4 Å². The standard InChI is InChI=1S/C20H29N5O/c1-3-4-9-24-10-11-25-19(15-24)12-18(23-25)14-22-20(26)21-13-17-7-5-16(2)6-8-17/h5-8,12H,3-4,9-11,13-15H2,1-2H3,(H2,21,22,26). The van der Waals surface area contributed by atoms with Crippen LogP contribution in [0.15, 0.2) is 30.3 Å². The van der Waals surface area contributed by atoms with Gasteiger partial charge in [-0.3, -0.25) is 9.58 Å². The van der Waals surface area contributed by atoms with Gasteiger partial charge in [-0.15, -0.1) is 0 Å². The second-order valence-electron chi connectivity index (χ2n) is 7.00. The van der Waals surface area contributed by atoms with Crippen molar-refractivity contribution >= 4 is 6.03 Å². The van der Waals surface area contributed by atoms with Gasteiger partial charge in [0.15, 0.2) is 0 Å². The van der Waals surface area contributed by atoms with E-state index in [4.69, 9.17) is 0 Å². The quantitative estimate of drug-likeness (QED) is 0.803. The summed E-state index contributed by atoms with van der Waals surface area (Å²) in [5, 5.41) is 10.4. The summed E-state index contributed by atoms with van der Waals surface area (Å²) in [6.45, 7) is 9.34. The van der Waals surface area contributed by atoms with Gasteiger partial charge in [-0.1, -0.05) is 43.2 Å². The van der Waals surface area contributed by atoms with Crippen LogP contribution in [0, 0.1) is 6.92 Å². The van der Waals surface area contributed by atoms with E-state index < -0.39 is 0 Å². The predicted molar refractivity (Wildman–Crippen MR) is 103 cm³/mol. The molecule has 0 atom stereocenters. The summed E-state index contributed by atoms with van der Waals surface area (Å²) in [7, 11) is 0. The van der Waals surface area contributed by atoms with E-state index in [2.05, 4.69) is 45.2 Å². The number of nitrogens with one attached hydrogen (secondary N) is 2. The molecule has 2 aromatic rings. The summed E-state index contributed by atoms with van der Waals surface area (Å²) in [6.07, 6.45) is 2.46. The van der Waals surface area contributed by atoms with Crippen molar-refractivity contribution in [1.29, 1.82) is 0 Å². The largest absolute Gasteiger partial charge is 0.334 e. The lowest BCUT2D eigenvalue weighted by atomic mass is 10.1. The number of fused-ring (bicyclic) bond motifs is 1. The maximum atomic E-state index is 12.0. The maximum Gasteiger partial charge on any atom is 0.315 e. The summed E-state index contributed by atoms with van der Waals surface area (Å²) in [6, 6.07) is 10.1. The van der Waals surface area contributed by atoms with E-state index in [1.165, 1.54) is 24.1 Å². The van der Waals surface area contributed by atoms with Gasteiger partial charge in [-0.05, 0) is 31.5 Å². The molecule has 0 saturated heterocycles. The molecule has 2 amide bonds. The Morgan fingerprint density at radius 1 is 1.15 bits per heavy atom. The van der Waals surface area contributed by atoms with Gasteiger partial charge >= 0.3 is 6.03 Å². The molecule has 6 heteroatoms. The predicted octanol–water partition coefficient (Wildman–Crippen LogP) is 2.81. The maximum absolute atomic E-state index is 12.0. The smallest absolute Gasteiger partial charge is 0.315 e. The van der Waals surface area contributed by atoms with E-state index >= 15 is 0 Å². The van der Waals surface area contributed by atoms with E-state index in [1.807, 2.05) is 24.3 Å². The fourth-order valence-corrected chi connectivity index (χ4v) is 3.16. The number of unbranched alkanes of at least 4 members (excludes halogenated alkanes) is 1. The number of carbonyl (C=O) groups is 1. The average Bonchev–Trinajstić information content (AvgIpc) is 3.06. The zero-order valence-electron chi connectivity index (χ0n) is 15.8. The summed E-state index contributed by atoms with van der Waals surface area (Å²) in [5.74, 6) is 0. The van der Waals surface area contributed by atoms with E-state index in [9.17, 15) is 4.79 Å².